The van der Waals surface area contributed by atoms with Gasteiger partial charge in [-0.2, -0.15) is 0 Å². The summed E-state index contributed by atoms with van der Waals surface area (Å²) in [7, 11) is 0. The molecule has 1 rings (SSSR count). The molecular weight excluding hydrogens is 410 g/mol. The summed E-state index contributed by atoms with van der Waals surface area (Å²) in [6.07, 6.45) is 14.7. The number of nitrogens with zero attached hydrogens (tertiary/aromatic N) is 1. The Kier molecular flexibility index (Phi) is 14.8. The van der Waals surface area contributed by atoms with Gasteiger partial charge in [0.05, 0.1) is 10.5 Å². The number of esters is 1. The van der Waals surface area contributed by atoms with E-state index in [-0.39, 0.29) is 18.2 Å². The lowest BCUT2D eigenvalue weighted by Gasteiger charge is -2.18. The van der Waals surface area contributed by atoms with Gasteiger partial charge in [-0.3, -0.25) is 14.9 Å². The molecule has 0 spiro atoms. The van der Waals surface area contributed by atoms with Crippen LogP contribution in [-0.2, 0) is 9.53 Å². The third-order valence-electron chi connectivity index (χ3n) is 5.63. The molecule has 7 nitrogen and oxygen atoms in total. The first kappa shape index (κ1) is 27.6. The zero-order chi connectivity index (χ0) is 23.6. The lowest BCUT2D eigenvalue weighted by molar-refractivity contribution is -0.384. The van der Waals surface area contributed by atoms with Crippen LogP contribution in [0, 0.1) is 10.1 Å². The van der Waals surface area contributed by atoms with Crippen molar-refractivity contribution in [3.63, 3.8) is 0 Å². The van der Waals surface area contributed by atoms with Crippen LogP contribution in [0.3, 0.4) is 0 Å². The number of nitro groups is 1. The maximum Gasteiger partial charge on any atom is 0.338 e. The van der Waals surface area contributed by atoms with E-state index in [4.69, 9.17) is 9.84 Å². The number of carboxylic acids is 1. The second-order valence-corrected chi connectivity index (χ2v) is 8.44. The van der Waals surface area contributed by atoms with E-state index in [1.807, 2.05) is 0 Å². The highest BCUT2D eigenvalue weighted by Crippen LogP contribution is 2.19. The third-order valence-corrected chi connectivity index (χ3v) is 5.63. The summed E-state index contributed by atoms with van der Waals surface area (Å²) in [6, 6.07) is 5.55. The fourth-order valence-corrected chi connectivity index (χ4v) is 3.71. The van der Waals surface area contributed by atoms with Crippen molar-refractivity contribution >= 4 is 17.6 Å². The Hall–Kier alpha value is -2.44. The van der Waals surface area contributed by atoms with Crippen LogP contribution in [0.2, 0.25) is 0 Å². The molecule has 1 aromatic rings. The van der Waals surface area contributed by atoms with Crippen LogP contribution in [0.5, 0.6) is 0 Å². The molecule has 180 valence electrons. The number of hydrogen-bond acceptors (Lipinski definition) is 5. The van der Waals surface area contributed by atoms with Crippen molar-refractivity contribution in [2.24, 2.45) is 0 Å². The average molecular weight is 450 g/mol. The highest BCUT2D eigenvalue weighted by atomic mass is 16.6. The van der Waals surface area contributed by atoms with E-state index in [1.165, 1.54) is 30.7 Å². The van der Waals surface area contributed by atoms with Crippen molar-refractivity contribution in [2.45, 2.75) is 109 Å². The number of hydrogen-bond donors (Lipinski definition) is 1. The smallest absolute Gasteiger partial charge is 0.338 e. The molecule has 0 radical (unpaired) electrons. The highest BCUT2D eigenvalue weighted by Gasteiger charge is 2.17. The van der Waals surface area contributed by atoms with Crippen LogP contribution < -0.4 is 0 Å². The molecule has 0 aliphatic carbocycles. The minimum atomic E-state index is -0.719. The highest BCUT2D eigenvalue weighted by molar-refractivity contribution is 5.89. The Morgan fingerprint density at radius 3 is 1.88 bits per heavy atom. The van der Waals surface area contributed by atoms with Crippen LogP contribution in [0.25, 0.3) is 0 Å². The normalized spacial score (nSPS) is 11.8. The van der Waals surface area contributed by atoms with E-state index in [9.17, 15) is 19.7 Å². The Morgan fingerprint density at radius 2 is 1.38 bits per heavy atom. The molecule has 0 saturated carbocycles. The third kappa shape index (κ3) is 13.1. The number of ether oxygens (including phenoxy) is 1. The molecule has 0 aromatic heterocycles. The molecular formula is C25H39NO6. The number of benzene rings is 1. The number of rotatable bonds is 19. The fraction of sp³-hybridized carbons (Fsp3) is 0.680. The molecule has 0 aliphatic rings. The largest absolute Gasteiger partial charge is 0.481 e. The van der Waals surface area contributed by atoms with Gasteiger partial charge in [0.2, 0.25) is 0 Å². The van der Waals surface area contributed by atoms with Gasteiger partial charge in [0, 0.05) is 18.6 Å². The minimum Gasteiger partial charge on any atom is -0.481 e. The molecule has 7 heteroatoms. The summed E-state index contributed by atoms with van der Waals surface area (Å²) >= 11 is 0. The van der Waals surface area contributed by atoms with Crippen molar-refractivity contribution in [2.75, 3.05) is 0 Å². The van der Waals surface area contributed by atoms with Crippen molar-refractivity contribution in [1.82, 2.24) is 0 Å². The number of aliphatic carboxylic acids is 1. The fourth-order valence-electron chi connectivity index (χ4n) is 3.71. The molecule has 1 aromatic carbocycles. The zero-order valence-electron chi connectivity index (χ0n) is 19.4. The lowest BCUT2D eigenvalue weighted by atomic mass is 10.0. The van der Waals surface area contributed by atoms with Gasteiger partial charge in [-0.25, -0.2) is 4.79 Å². The minimum absolute atomic E-state index is 0.0421. The Morgan fingerprint density at radius 1 is 0.875 bits per heavy atom. The molecule has 1 unspecified atom stereocenters. The number of carbonyl (C=O) groups excluding carboxylic acids is 1. The molecule has 0 aliphatic heterocycles. The quantitative estimate of drug-likeness (QED) is 0.105. The standard InChI is InChI=1S/C25H39NO6/c1-2-3-4-11-14-23(15-12-9-7-5-6-8-10-13-16-24(27)28)32-25(29)21-17-19-22(20-18-21)26(30)31/h17-20,23H,2-16H2,1H3,(H,27,28). The summed E-state index contributed by atoms with van der Waals surface area (Å²) < 4.78 is 5.75. The number of unbranched alkanes of at least 4 members (excludes halogenated alkanes) is 10. The first-order valence-electron chi connectivity index (χ1n) is 12.1. The molecule has 32 heavy (non-hydrogen) atoms. The van der Waals surface area contributed by atoms with Crippen LogP contribution in [-0.4, -0.2) is 28.1 Å². The number of nitro benzene ring substituents is 1. The predicted molar refractivity (Wildman–Crippen MR) is 125 cm³/mol. The summed E-state index contributed by atoms with van der Waals surface area (Å²) in [5, 5.41) is 19.4. The first-order valence-corrected chi connectivity index (χ1v) is 12.1. The predicted octanol–water partition coefficient (Wildman–Crippen LogP) is 7.08. The first-order chi connectivity index (χ1) is 15.4. The van der Waals surface area contributed by atoms with Gasteiger partial charge in [-0.1, -0.05) is 64.7 Å². The van der Waals surface area contributed by atoms with E-state index >= 15 is 0 Å². The Bertz CT molecular complexity index is 674. The molecule has 0 bridgehead atoms. The second-order valence-electron chi connectivity index (χ2n) is 8.44. The van der Waals surface area contributed by atoms with Gasteiger partial charge < -0.3 is 9.84 Å². The van der Waals surface area contributed by atoms with Crippen molar-refractivity contribution in [3.05, 3.63) is 39.9 Å². The van der Waals surface area contributed by atoms with Crippen molar-refractivity contribution in [1.29, 1.82) is 0 Å². The zero-order valence-corrected chi connectivity index (χ0v) is 19.4. The summed E-state index contributed by atoms with van der Waals surface area (Å²) in [6.45, 7) is 2.16. The molecule has 0 fully saturated rings. The van der Waals surface area contributed by atoms with Crippen LogP contribution in [0.1, 0.15) is 114 Å². The topological polar surface area (TPSA) is 107 Å². The van der Waals surface area contributed by atoms with Gasteiger partial charge >= 0.3 is 11.9 Å². The van der Waals surface area contributed by atoms with Crippen LogP contribution >= 0.6 is 0 Å². The number of carboxylic acid groups (broad SMARTS) is 1. The van der Waals surface area contributed by atoms with Crippen LogP contribution in [0.4, 0.5) is 5.69 Å². The Labute approximate surface area is 191 Å². The Balaban J connectivity index is 2.35. The van der Waals surface area contributed by atoms with Crippen molar-refractivity contribution in [3.8, 4) is 0 Å². The lowest BCUT2D eigenvalue weighted by Crippen LogP contribution is -2.18. The summed E-state index contributed by atoms with van der Waals surface area (Å²) in [4.78, 5) is 33.3. The summed E-state index contributed by atoms with van der Waals surface area (Å²) in [5.41, 5.74) is 0.302. The molecule has 1 N–H and O–H groups in total. The maximum atomic E-state index is 12.5. The molecule has 0 amide bonds. The summed E-state index contributed by atoms with van der Waals surface area (Å²) in [5.74, 6) is -1.13. The second kappa shape index (κ2) is 17.2. The van der Waals surface area contributed by atoms with Gasteiger partial charge in [0.1, 0.15) is 6.10 Å². The van der Waals surface area contributed by atoms with Crippen LogP contribution in [0.15, 0.2) is 24.3 Å². The molecule has 1 atom stereocenters. The number of carbonyl (C=O) groups is 2. The molecule has 0 heterocycles. The van der Waals surface area contributed by atoms with Gasteiger partial charge in [-0.15, -0.1) is 0 Å². The van der Waals surface area contributed by atoms with Gasteiger partial charge in [0.15, 0.2) is 0 Å². The van der Waals surface area contributed by atoms with Gasteiger partial charge in [-0.05, 0) is 44.2 Å². The van der Waals surface area contributed by atoms with E-state index < -0.39 is 16.9 Å². The van der Waals surface area contributed by atoms with Gasteiger partial charge in [0.25, 0.3) is 5.69 Å². The number of non-ortho nitro benzene ring substituents is 1. The monoisotopic (exact) mass is 449 g/mol. The van der Waals surface area contributed by atoms with E-state index in [1.54, 1.807) is 0 Å². The van der Waals surface area contributed by atoms with Crippen molar-refractivity contribution < 1.29 is 24.4 Å². The van der Waals surface area contributed by atoms with E-state index in [0.29, 0.717) is 5.56 Å². The SMILES string of the molecule is CCCCCCC(CCCCCCCCCCC(=O)O)OC(=O)c1ccc([N+](=O)[O-])cc1. The van der Waals surface area contributed by atoms with E-state index in [2.05, 4.69) is 6.92 Å². The average Bonchev–Trinajstić information content (AvgIpc) is 2.77. The molecule has 0 saturated heterocycles. The van der Waals surface area contributed by atoms with E-state index in [0.717, 1.165) is 83.5 Å². The maximum absolute atomic E-state index is 12.5.